The molecule has 1 aromatic rings. The predicted octanol–water partition coefficient (Wildman–Crippen LogP) is 2.67. The van der Waals surface area contributed by atoms with Crippen LogP contribution in [0.4, 0.5) is 0 Å². The summed E-state index contributed by atoms with van der Waals surface area (Å²) in [6.07, 6.45) is 6.10. The Morgan fingerprint density at radius 1 is 1.41 bits per heavy atom. The fraction of sp³-hybridized carbons (Fsp3) is 0.357. The van der Waals surface area contributed by atoms with Gasteiger partial charge in [-0.3, -0.25) is 0 Å². The largest absolute Gasteiger partial charge is 0.493 e. The van der Waals surface area contributed by atoms with E-state index in [-0.39, 0.29) is 0 Å². The van der Waals surface area contributed by atoms with Gasteiger partial charge in [-0.05, 0) is 55.5 Å². The smallest absolute Gasteiger partial charge is 0.328 e. The first-order chi connectivity index (χ1) is 8.20. The molecule has 0 atom stereocenters. The number of benzene rings is 1. The third kappa shape index (κ3) is 2.67. The lowest BCUT2D eigenvalue weighted by Crippen LogP contribution is -1.97. The SMILES string of the molecule is CCOc1cc2c(cc1C=CC(=O)O)CCC2. The van der Waals surface area contributed by atoms with Crippen LogP contribution in [-0.2, 0) is 17.6 Å². The molecule has 90 valence electrons. The van der Waals surface area contributed by atoms with E-state index in [1.807, 2.05) is 19.1 Å². The zero-order valence-corrected chi connectivity index (χ0v) is 9.90. The third-order valence-corrected chi connectivity index (χ3v) is 2.93. The molecule has 1 aliphatic rings. The van der Waals surface area contributed by atoms with Crippen LogP contribution in [0.5, 0.6) is 5.75 Å². The lowest BCUT2D eigenvalue weighted by atomic mass is 10.0. The number of carboxylic acid groups (broad SMARTS) is 1. The minimum absolute atomic E-state index is 0.590. The minimum Gasteiger partial charge on any atom is -0.493 e. The molecule has 0 heterocycles. The normalized spacial score (nSPS) is 13.9. The molecule has 0 unspecified atom stereocenters. The molecule has 2 rings (SSSR count). The first-order valence-corrected chi connectivity index (χ1v) is 5.90. The summed E-state index contributed by atoms with van der Waals surface area (Å²) < 4.78 is 5.55. The molecular weight excluding hydrogens is 216 g/mol. The maximum atomic E-state index is 10.5. The van der Waals surface area contributed by atoms with Crippen LogP contribution in [0.15, 0.2) is 18.2 Å². The molecule has 0 bridgehead atoms. The monoisotopic (exact) mass is 232 g/mol. The molecule has 0 aromatic heterocycles. The van der Waals surface area contributed by atoms with Crippen molar-refractivity contribution in [3.05, 3.63) is 34.9 Å². The summed E-state index contributed by atoms with van der Waals surface area (Å²) in [6, 6.07) is 4.10. The highest BCUT2D eigenvalue weighted by Crippen LogP contribution is 2.30. The van der Waals surface area contributed by atoms with Crippen molar-refractivity contribution in [3.8, 4) is 5.75 Å². The quantitative estimate of drug-likeness (QED) is 0.812. The fourth-order valence-corrected chi connectivity index (χ4v) is 2.19. The van der Waals surface area contributed by atoms with Crippen molar-refractivity contribution in [1.29, 1.82) is 0 Å². The van der Waals surface area contributed by atoms with Gasteiger partial charge in [-0.25, -0.2) is 4.79 Å². The van der Waals surface area contributed by atoms with Gasteiger partial charge in [-0.15, -0.1) is 0 Å². The average Bonchev–Trinajstić information content (AvgIpc) is 2.73. The second-order valence-electron chi connectivity index (χ2n) is 4.12. The molecule has 3 nitrogen and oxygen atoms in total. The molecule has 0 fully saturated rings. The Morgan fingerprint density at radius 2 is 2.12 bits per heavy atom. The molecule has 0 aliphatic heterocycles. The Hall–Kier alpha value is -1.77. The number of aliphatic carboxylic acids is 1. The van der Waals surface area contributed by atoms with Crippen molar-refractivity contribution in [2.45, 2.75) is 26.2 Å². The zero-order valence-electron chi connectivity index (χ0n) is 9.90. The molecule has 0 saturated heterocycles. The van der Waals surface area contributed by atoms with Crippen LogP contribution in [0, 0.1) is 0 Å². The van der Waals surface area contributed by atoms with Gasteiger partial charge in [0.1, 0.15) is 5.75 Å². The second-order valence-corrected chi connectivity index (χ2v) is 4.12. The van der Waals surface area contributed by atoms with Gasteiger partial charge >= 0.3 is 5.97 Å². The van der Waals surface area contributed by atoms with Gasteiger partial charge in [0.25, 0.3) is 0 Å². The van der Waals surface area contributed by atoms with E-state index in [4.69, 9.17) is 9.84 Å². The number of rotatable bonds is 4. The molecule has 1 aromatic carbocycles. The highest BCUT2D eigenvalue weighted by molar-refractivity contribution is 5.86. The molecule has 0 radical (unpaired) electrons. The minimum atomic E-state index is -0.937. The first-order valence-electron chi connectivity index (χ1n) is 5.90. The maximum absolute atomic E-state index is 10.5. The predicted molar refractivity (Wildman–Crippen MR) is 66.3 cm³/mol. The van der Waals surface area contributed by atoms with Crippen LogP contribution in [0.3, 0.4) is 0 Å². The second kappa shape index (κ2) is 5.04. The number of hydrogen-bond acceptors (Lipinski definition) is 2. The van der Waals surface area contributed by atoms with E-state index in [0.29, 0.717) is 6.61 Å². The van der Waals surface area contributed by atoms with Crippen LogP contribution in [0.1, 0.15) is 30.0 Å². The lowest BCUT2D eigenvalue weighted by Gasteiger charge is -2.10. The number of ether oxygens (including phenoxy) is 1. The fourth-order valence-electron chi connectivity index (χ4n) is 2.19. The Kier molecular flexibility index (Phi) is 3.47. The summed E-state index contributed by atoms with van der Waals surface area (Å²) in [7, 11) is 0. The van der Waals surface area contributed by atoms with E-state index < -0.39 is 5.97 Å². The Balaban J connectivity index is 2.37. The molecule has 3 heteroatoms. The van der Waals surface area contributed by atoms with Crippen LogP contribution in [-0.4, -0.2) is 17.7 Å². The molecule has 1 aliphatic carbocycles. The molecular formula is C14H16O3. The Labute approximate surface area is 101 Å². The summed E-state index contributed by atoms with van der Waals surface area (Å²) in [4.78, 5) is 10.5. The Morgan fingerprint density at radius 3 is 2.76 bits per heavy atom. The highest BCUT2D eigenvalue weighted by Gasteiger charge is 2.14. The summed E-state index contributed by atoms with van der Waals surface area (Å²) in [5.41, 5.74) is 3.51. The van der Waals surface area contributed by atoms with Crippen molar-refractivity contribution in [2.24, 2.45) is 0 Å². The van der Waals surface area contributed by atoms with Gasteiger partial charge in [0.05, 0.1) is 6.61 Å². The van der Waals surface area contributed by atoms with Gasteiger partial charge in [-0.1, -0.05) is 0 Å². The lowest BCUT2D eigenvalue weighted by molar-refractivity contribution is -0.131. The molecule has 0 saturated carbocycles. The van der Waals surface area contributed by atoms with Gasteiger partial charge < -0.3 is 9.84 Å². The number of hydrogen-bond donors (Lipinski definition) is 1. The van der Waals surface area contributed by atoms with E-state index in [1.165, 1.54) is 17.5 Å². The van der Waals surface area contributed by atoms with Crippen molar-refractivity contribution in [2.75, 3.05) is 6.61 Å². The highest BCUT2D eigenvalue weighted by atomic mass is 16.5. The van der Waals surface area contributed by atoms with Crippen LogP contribution >= 0.6 is 0 Å². The zero-order chi connectivity index (χ0) is 12.3. The molecule has 17 heavy (non-hydrogen) atoms. The molecule has 1 N–H and O–H groups in total. The van der Waals surface area contributed by atoms with E-state index in [2.05, 4.69) is 0 Å². The summed E-state index contributed by atoms with van der Waals surface area (Å²) in [6.45, 7) is 2.52. The summed E-state index contributed by atoms with van der Waals surface area (Å²) >= 11 is 0. The van der Waals surface area contributed by atoms with Crippen LogP contribution in [0.25, 0.3) is 6.08 Å². The maximum Gasteiger partial charge on any atom is 0.328 e. The van der Waals surface area contributed by atoms with E-state index in [9.17, 15) is 4.79 Å². The molecule has 0 spiro atoms. The van der Waals surface area contributed by atoms with Crippen molar-refractivity contribution >= 4 is 12.0 Å². The number of carbonyl (C=O) groups is 1. The standard InChI is InChI=1S/C14H16O3/c1-2-17-13-9-11-5-3-4-10(11)8-12(13)6-7-14(15)16/h6-9H,2-5H2,1H3,(H,15,16). The van der Waals surface area contributed by atoms with Crippen LogP contribution in [0.2, 0.25) is 0 Å². The van der Waals surface area contributed by atoms with Gasteiger partial charge in [0.2, 0.25) is 0 Å². The number of aryl methyl sites for hydroxylation is 2. The summed E-state index contributed by atoms with van der Waals surface area (Å²) in [5, 5.41) is 8.66. The molecule has 0 amide bonds. The van der Waals surface area contributed by atoms with E-state index in [1.54, 1.807) is 6.08 Å². The van der Waals surface area contributed by atoms with Crippen molar-refractivity contribution in [3.63, 3.8) is 0 Å². The van der Waals surface area contributed by atoms with Gasteiger partial charge in [0.15, 0.2) is 0 Å². The van der Waals surface area contributed by atoms with Crippen molar-refractivity contribution < 1.29 is 14.6 Å². The van der Waals surface area contributed by atoms with Gasteiger partial charge in [0, 0.05) is 11.6 Å². The Bertz CT molecular complexity index is 461. The van der Waals surface area contributed by atoms with E-state index >= 15 is 0 Å². The topological polar surface area (TPSA) is 46.5 Å². The van der Waals surface area contributed by atoms with E-state index in [0.717, 1.165) is 30.2 Å². The van der Waals surface area contributed by atoms with Gasteiger partial charge in [-0.2, -0.15) is 0 Å². The third-order valence-electron chi connectivity index (χ3n) is 2.93. The number of fused-ring (bicyclic) bond motifs is 1. The van der Waals surface area contributed by atoms with Crippen molar-refractivity contribution in [1.82, 2.24) is 0 Å². The van der Waals surface area contributed by atoms with Crippen LogP contribution < -0.4 is 4.74 Å². The first kappa shape index (κ1) is 11.7. The summed E-state index contributed by atoms with van der Waals surface area (Å²) in [5.74, 6) is -0.154. The number of carboxylic acids is 1. The average molecular weight is 232 g/mol.